The molecule has 0 aliphatic heterocycles. The SMILES string of the molecule is NC(N)=Nc1ccc(N)cc1.O=[N+]([O-])O. The topological polar surface area (TPSA) is 154 Å². The standard InChI is InChI=1S/C7H10N4.HNO3/c8-5-1-3-6(4-2-5)11-7(9)10;2-1(3)4/h1-4H,8H2,(H4,9,10,11);(H,2,3,4). The third-order valence-electron chi connectivity index (χ3n) is 1.15. The number of anilines is 1. The monoisotopic (exact) mass is 213 g/mol. The van der Waals surface area contributed by atoms with Crippen LogP contribution in [0.15, 0.2) is 29.3 Å². The Hall–Kier alpha value is -2.51. The van der Waals surface area contributed by atoms with Gasteiger partial charge in [-0.15, -0.1) is 10.1 Å². The zero-order valence-electron chi connectivity index (χ0n) is 7.70. The van der Waals surface area contributed by atoms with Crippen molar-refractivity contribution < 1.29 is 10.3 Å². The molecule has 1 aromatic rings. The van der Waals surface area contributed by atoms with Crippen LogP contribution in [-0.2, 0) is 0 Å². The third-order valence-corrected chi connectivity index (χ3v) is 1.15. The Labute approximate surface area is 85.1 Å². The molecule has 0 heterocycles. The van der Waals surface area contributed by atoms with Gasteiger partial charge in [-0.05, 0) is 24.3 Å². The van der Waals surface area contributed by atoms with Crippen molar-refractivity contribution in [2.75, 3.05) is 5.73 Å². The first-order valence-corrected chi connectivity index (χ1v) is 3.70. The van der Waals surface area contributed by atoms with Crippen molar-refractivity contribution in [3.63, 3.8) is 0 Å². The number of hydrogen-bond acceptors (Lipinski definition) is 4. The van der Waals surface area contributed by atoms with Gasteiger partial charge in [0.05, 0.1) is 5.69 Å². The fourth-order valence-corrected chi connectivity index (χ4v) is 0.698. The summed E-state index contributed by atoms with van der Waals surface area (Å²) in [5.41, 5.74) is 17.2. The van der Waals surface area contributed by atoms with Crippen LogP contribution in [-0.4, -0.2) is 16.3 Å². The van der Waals surface area contributed by atoms with Crippen molar-refractivity contribution in [1.82, 2.24) is 0 Å². The van der Waals surface area contributed by atoms with E-state index in [2.05, 4.69) is 4.99 Å². The third kappa shape index (κ3) is 7.84. The Balaban J connectivity index is 0.000000423. The fraction of sp³-hybridized carbons (Fsp3) is 0. The van der Waals surface area contributed by atoms with E-state index in [0.29, 0.717) is 11.4 Å². The number of nitrogens with two attached hydrogens (primary N) is 3. The Morgan fingerprint density at radius 2 is 1.73 bits per heavy atom. The van der Waals surface area contributed by atoms with Crippen molar-refractivity contribution in [2.24, 2.45) is 16.5 Å². The zero-order chi connectivity index (χ0) is 11.8. The molecule has 0 atom stereocenters. The number of guanidine groups is 1. The second-order valence-electron chi connectivity index (χ2n) is 2.37. The maximum Gasteiger partial charge on any atom is 0.291 e. The summed E-state index contributed by atoms with van der Waals surface area (Å²) in [6, 6.07) is 6.97. The van der Waals surface area contributed by atoms with Gasteiger partial charge in [0.2, 0.25) is 0 Å². The van der Waals surface area contributed by atoms with Gasteiger partial charge < -0.3 is 22.4 Å². The largest absolute Gasteiger partial charge is 0.399 e. The molecule has 0 saturated carbocycles. The second-order valence-corrected chi connectivity index (χ2v) is 2.37. The predicted molar refractivity (Wildman–Crippen MR) is 55.1 cm³/mol. The molecule has 0 aliphatic rings. The Kier molecular flexibility index (Phi) is 5.01. The smallest absolute Gasteiger partial charge is 0.291 e. The van der Waals surface area contributed by atoms with Crippen LogP contribution < -0.4 is 17.2 Å². The Morgan fingerprint density at radius 3 is 2.07 bits per heavy atom. The van der Waals surface area contributed by atoms with E-state index in [1.54, 1.807) is 24.3 Å². The van der Waals surface area contributed by atoms with Gasteiger partial charge in [-0.1, -0.05) is 0 Å². The van der Waals surface area contributed by atoms with Gasteiger partial charge in [0.15, 0.2) is 5.96 Å². The molecule has 0 radical (unpaired) electrons. The maximum atomic E-state index is 8.36. The molecule has 8 nitrogen and oxygen atoms in total. The van der Waals surface area contributed by atoms with Crippen LogP contribution in [0, 0.1) is 10.1 Å². The summed E-state index contributed by atoms with van der Waals surface area (Å²) in [5, 5.41) is 13.6. The van der Waals surface area contributed by atoms with Crippen molar-refractivity contribution in [3.05, 3.63) is 34.4 Å². The van der Waals surface area contributed by atoms with E-state index in [1.807, 2.05) is 0 Å². The number of nitrogens with zero attached hydrogens (tertiary/aromatic N) is 2. The van der Waals surface area contributed by atoms with E-state index < -0.39 is 5.09 Å². The van der Waals surface area contributed by atoms with Crippen LogP contribution in [0.4, 0.5) is 11.4 Å². The summed E-state index contributed by atoms with van der Waals surface area (Å²) in [6.07, 6.45) is 0. The van der Waals surface area contributed by atoms with Crippen LogP contribution in [0.5, 0.6) is 0 Å². The van der Waals surface area contributed by atoms with Gasteiger partial charge in [0, 0.05) is 5.69 Å². The van der Waals surface area contributed by atoms with Crippen molar-refractivity contribution in [1.29, 1.82) is 0 Å². The highest BCUT2D eigenvalue weighted by Gasteiger charge is 1.88. The van der Waals surface area contributed by atoms with Gasteiger partial charge in [-0.3, -0.25) is 0 Å². The molecule has 8 heteroatoms. The van der Waals surface area contributed by atoms with E-state index in [1.165, 1.54) is 0 Å². The summed E-state index contributed by atoms with van der Waals surface area (Å²) in [6.45, 7) is 0. The Morgan fingerprint density at radius 1 is 1.33 bits per heavy atom. The molecule has 1 aromatic carbocycles. The fourth-order valence-electron chi connectivity index (χ4n) is 0.698. The van der Waals surface area contributed by atoms with Crippen LogP contribution in [0.1, 0.15) is 0 Å². The second kappa shape index (κ2) is 6.02. The van der Waals surface area contributed by atoms with E-state index in [9.17, 15) is 0 Å². The summed E-state index contributed by atoms with van der Waals surface area (Å²) >= 11 is 0. The molecule has 0 unspecified atom stereocenters. The predicted octanol–water partition coefficient (Wildman–Crippen LogP) is -0.174. The number of aliphatic imine (C=N–C) groups is 1. The molecule has 0 spiro atoms. The first-order chi connectivity index (χ1) is 6.91. The summed E-state index contributed by atoms with van der Waals surface area (Å²) in [5.74, 6) is 0.0507. The maximum absolute atomic E-state index is 8.36. The Bertz CT molecular complexity index is 340. The lowest BCUT2D eigenvalue weighted by atomic mass is 10.3. The lowest BCUT2D eigenvalue weighted by molar-refractivity contribution is -0.742. The number of nitrogen functional groups attached to an aromatic ring is 1. The molecule has 1 rings (SSSR count). The first-order valence-electron chi connectivity index (χ1n) is 3.70. The van der Waals surface area contributed by atoms with E-state index in [-0.39, 0.29) is 5.96 Å². The van der Waals surface area contributed by atoms with Crippen LogP contribution in [0.25, 0.3) is 0 Å². The molecule has 0 fully saturated rings. The molecule has 15 heavy (non-hydrogen) atoms. The van der Waals surface area contributed by atoms with Crippen molar-refractivity contribution >= 4 is 17.3 Å². The van der Waals surface area contributed by atoms with E-state index >= 15 is 0 Å². The molecular formula is C7H11N5O3. The van der Waals surface area contributed by atoms with Crippen molar-refractivity contribution in [2.45, 2.75) is 0 Å². The molecule has 0 aromatic heterocycles. The first kappa shape index (κ1) is 12.5. The van der Waals surface area contributed by atoms with Crippen LogP contribution in [0.2, 0.25) is 0 Å². The van der Waals surface area contributed by atoms with Gasteiger partial charge >= 0.3 is 0 Å². The average molecular weight is 213 g/mol. The van der Waals surface area contributed by atoms with Gasteiger partial charge in [-0.2, -0.15) is 0 Å². The summed E-state index contributed by atoms with van der Waals surface area (Å²) in [7, 11) is 0. The summed E-state index contributed by atoms with van der Waals surface area (Å²) < 4.78 is 0. The highest BCUT2D eigenvalue weighted by Crippen LogP contribution is 2.12. The molecule has 0 saturated heterocycles. The number of benzene rings is 1. The van der Waals surface area contributed by atoms with E-state index in [4.69, 9.17) is 32.5 Å². The molecule has 0 aliphatic carbocycles. The lowest BCUT2D eigenvalue weighted by Gasteiger charge is -1.94. The number of hydrogen-bond donors (Lipinski definition) is 4. The number of rotatable bonds is 1. The minimum Gasteiger partial charge on any atom is -0.399 e. The molecular weight excluding hydrogens is 202 g/mol. The zero-order valence-corrected chi connectivity index (χ0v) is 7.70. The molecule has 82 valence electrons. The average Bonchev–Trinajstić information content (AvgIpc) is 2.07. The minimum absolute atomic E-state index is 0.0507. The highest BCUT2D eigenvalue weighted by atomic mass is 16.9. The van der Waals surface area contributed by atoms with E-state index in [0.717, 1.165) is 0 Å². The summed E-state index contributed by atoms with van der Waals surface area (Å²) in [4.78, 5) is 12.2. The lowest BCUT2D eigenvalue weighted by Crippen LogP contribution is -2.21. The normalized spacial score (nSPS) is 8.27. The molecule has 7 N–H and O–H groups in total. The van der Waals surface area contributed by atoms with Gasteiger partial charge in [0.1, 0.15) is 0 Å². The van der Waals surface area contributed by atoms with Crippen molar-refractivity contribution in [3.8, 4) is 0 Å². The minimum atomic E-state index is -1.50. The van der Waals surface area contributed by atoms with Gasteiger partial charge in [0.25, 0.3) is 5.09 Å². The molecule has 0 amide bonds. The quantitative estimate of drug-likeness (QED) is 0.167. The van der Waals surface area contributed by atoms with Crippen LogP contribution in [0.3, 0.4) is 0 Å². The highest BCUT2D eigenvalue weighted by molar-refractivity contribution is 5.79. The van der Waals surface area contributed by atoms with Crippen LogP contribution >= 0.6 is 0 Å². The molecule has 0 bridgehead atoms. The van der Waals surface area contributed by atoms with Gasteiger partial charge in [-0.25, -0.2) is 4.99 Å².